The lowest BCUT2D eigenvalue weighted by Gasteiger charge is -2.05. The molecule has 0 saturated heterocycles. The van der Waals surface area contributed by atoms with Crippen molar-refractivity contribution < 1.29 is 5.11 Å². The Morgan fingerprint density at radius 3 is 2.31 bits per heavy atom. The van der Waals surface area contributed by atoms with Gasteiger partial charge in [-0.25, -0.2) is 0 Å². The van der Waals surface area contributed by atoms with Gasteiger partial charge in [0, 0.05) is 6.54 Å². The number of aromatic hydroxyl groups is 1. The highest BCUT2D eigenvalue weighted by Crippen LogP contribution is 2.25. The van der Waals surface area contributed by atoms with Gasteiger partial charge in [-0.1, -0.05) is 40.0 Å². The molecular weight excluding hydrogens is 200 g/mol. The van der Waals surface area contributed by atoms with Crippen molar-refractivity contribution in [2.75, 3.05) is 0 Å². The molecule has 0 atom stereocenters. The Morgan fingerprint density at radius 1 is 1.06 bits per heavy atom. The van der Waals surface area contributed by atoms with Gasteiger partial charge < -0.3 is 5.11 Å². The van der Waals surface area contributed by atoms with Crippen LogP contribution in [0.25, 0.3) is 0 Å². The van der Waals surface area contributed by atoms with Crippen LogP contribution in [0.4, 0.5) is 0 Å². The first-order valence-corrected chi connectivity index (χ1v) is 6.52. The Balaban J connectivity index is 2.89. The van der Waals surface area contributed by atoms with Crippen molar-refractivity contribution in [1.29, 1.82) is 0 Å². The maximum atomic E-state index is 10.1. The second-order valence-corrected chi connectivity index (χ2v) is 4.32. The number of hydrogen-bond donors (Lipinski definition) is 1. The normalized spacial score (nSPS) is 10.9. The smallest absolute Gasteiger partial charge is 0.160 e. The summed E-state index contributed by atoms with van der Waals surface area (Å²) in [4.78, 5) is 0. The first-order valence-electron chi connectivity index (χ1n) is 6.52. The van der Waals surface area contributed by atoms with E-state index in [2.05, 4.69) is 25.9 Å². The number of unbranched alkanes of at least 4 members (excludes halogenated alkanes) is 1. The Bertz CT molecular complexity index is 318. The highest BCUT2D eigenvalue weighted by atomic mass is 16.3. The summed E-state index contributed by atoms with van der Waals surface area (Å²) in [6.45, 7) is 7.36. The summed E-state index contributed by atoms with van der Waals surface area (Å²) in [7, 11) is 0. The van der Waals surface area contributed by atoms with Crippen LogP contribution in [0.15, 0.2) is 0 Å². The Hall–Kier alpha value is -0.990. The van der Waals surface area contributed by atoms with Gasteiger partial charge in [0.25, 0.3) is 0 Å². The maximum Gasteiger partial charge on any atom is 0.160 e. The summed E-state index contributed by atoms with van der Waals surface area (Å²) < 4.78 is 2.01. The van der Waals surface area contributed by atoms with Crippen LogP contribution in [0.2, 0.25) is 0 Å². The zero-order valence-corrected chi connectivity index (χ0v) is 10.8. The van der Waals surface area contributed by atoms with Crippen LogP contribution in [0.1, 0.15) is 57.8 Å². The molecule has 0 radical (unpaired) electrons. The molecule has 1 heterocycles. The van der Waals surface area contributed by atoms with Gasteiger partial charge in [-0.2, -0.15) is 5.10 Å². The third kappa shape index (κ3) is 3.00. The molecule has 0 unspecified atom stereocenters. The first kappa shape index (κ1) is 13.1. The standard InChI is InChI=1S/C13H24N2O/c1-4-7-10-15-12(9-6-3)13(16)11(14-15)8-5-2/h16H,4-10H2,1-3H3. The zero-order chi connectivity index (χ0) is 12.0. The summed E-state index contributed by atoms with van der Waals surface area (Å²) in [5.41, 5.74) is 1.90. The molecule has 92 valence electrons. The van der Waals surface area contributed by atoms with Gasteiger partial charge in [-0.3, -0.25) is 4.68 Å². The number of rotatable bonds is 7. The van der Waals surface area contributed by atoms with E-state index in [1.54, 1.807) is 0 Å². The van der Waals surface area contributed by atoms with Gasteiger partial charge in [-0.15, -0.1) is 0 Å². The van der Waals surface area contributed by atoms with Crippen molar-refractivity contribution in [2.45, 2.75) is 65.8 Å². The minimum absolute atomic E-state index is 0.444. The van der Waals surface area contributed by atoms with Gasteiger partial charge in [0.15, 0.2) is 5.75 Å². The molecular formula is C13H24N2O. The monoisotopic (exact) mass is 224 g/mol. The second kappa shape index (κ2) is 6.56. The summed E-state index contributed by atoms with van der Waals surface area (Å²) >= 11 is 0. The minimum Gasteiger partial charge on any atom is -0.504 e. The first-order chi connectivity index (χ1) is 7.74. The van der Waals surface area contributed by atoms with Crippen LogP contribution in [0, 0.1) is 0 Å². The van der Waals surface area contributed by atoms with Crippen molar-refractivity contribution in [3.63, 3.8) is 0 Å². The molecule has 0 saturated carbocycles. The molecule has 0 aliphatic heterocycles. The van der Waals surface area contributed by atoms with Crippen molar-refractivity contribution >= 4 is 0 Å². The molecule has 3 heteroatoms. The van der Waals surface area contributed by atoms with E-state index >= 15 is 0 Å². The molecule has 0 spiro atoms. The topological polar surface area (TPSA) is 38.0 Å². The molecule has 0 aliphatic carbocycles. The van der Waals surface area contributed by atoms with E-state index in [4.69, 9.17) is 0 Å². The third-order valence-corrected chi connectivity index (χ3v) is 2.80. The fraction of sp³-hybridized carbons (Fsp3) is 0.769. The molecule has 0 amide bonds. The third-order valence-electron chi connectivity index (χ3n) is 2.80. The molecule has 16 heavy (non-hydrogen) atoms. The number of aryl methyl sites for hydroxylation is 2. The number of aromatic nitrogens is 2. The Labute approximate surface area is 98.5 Å². The lowest BCUT2D eigenvalue weighted by molar-refractivity contribution is 0.455. The molecule has 0 aliphatic rings. The van der Waals surface area contributed by atoms with Gasteiger partial charge in [0.1, 0.15) is 5.69 Å². The largest absolute Gasteiger partial charge is 0.504 e. The van der Waals surface area contributed by atoms with Crippen LogP contribution >= 0.6 is 0 Å². The molecule has 1 rings (SSSR count). The van der Waals surface area contributed by atoms with Crippen LogP contribution in [0.5, 0.6) is 5.75 Å². The fourth-order valence-electron chi connectivity index (χ4n) is 1.92. The molecule has 0 aromatic carbocycles. The highest BCUT2D eigenvalue weighted by Gasteiger charge is 2.15. The van der Waals surface area contributed by atoms with Crippen LogP contribution in [-0.4, -0.2) is 14.9 Å². The highest BCUT2D eigenvalue weighted by molar-refractivity contribution is 5.32. The predicted octanol–water partition coefficient (Wildman–Crippen LogP) is 3.29. The molecule has 1 N–H and O–H groups in total. The average Bonchev–Trinajstić information content (AvgIpc) is 2.56. The average molecular weight is 224 g/mol. The SMILES string of the molecule is CCCCn1nc(CCC)c(O)c1CCC. The lowest BCUT2D eigenvalue weighted by atomic mass is 10.2. The van der Waals surface area contributed by atoms with Crippen molar-refractivity contribution in [3.05, 3.63) is 11.4 Å². The van der Waals surface area contributed by atoms with Crippen LogP contribution in [0.3, 0.4) is 0 Å². The summed E-state index contributed by atoms with van der Waals surface area (Å²) in [6, 6.07) is 0. The van der Waals surface area contributed by atoms with Crippen molar-refractivity contribution in [2.24, 2.45) is 0 Å². The quantitative estimate of drug-likeness (QED) is 0.771. The molecule has 0 bridgehead atoms. The molecule has 1 aromatic rings. The molecule has 3 nitrogen and oxygen atoms in total. The van der Waals surface area contributed by atoms with Gasteiger partial charge in [0.05, 0.1) is 5.69 Å². The predicted molar refractivity (Wildman–Crippen MR) is 66.8 cm³/mol. The van der Waals surface area contributed by atoms with Crippen molar-refractivity contribution in [3.8, 4) is 5.75 Å². The van der Waals surface area contributed by atoms with E-state index in [0.29, 0.717) is 5.75 Å². The fourth-order valence-corrected chi connectivity index (χ4v) is 1.92. The molecule has 1 aromatic heterocycles. The van der Waals surface area contributed by atoms with Gasteiger partial charge in [-0.05, 0) is 19.3 Å². The van der Waals surface area contributed by atoms with E-state index in [1.165, 1.54) is 0 Å². The van der Waals surface area contributed by atoms with Crippen LogP contribution < -0.4 is 0 Å². The maximum absolute atomic E-state index is 10.1. The van der Waals surface area contributed by atoms with E-state index in [1.807, 2.05) is 4.68 Å². The van der Waals surface area contributed by atoms with Gasteiger partial charge >= 0.3 is 0 Å². The minimum atomic E-state index is 0.444. The van der Waals surface area contributed by atoms with Gasteiger partial charge in [0.2, 0.25) is 0 Å². The van der Waals surface area contributed by atoms with E-state index in [9.17, 15) is 5.11 Å². The van der Waals surface area contributed by atoms with E-state index in [0.717, 1.165) is 56.5 Å². The van der Waals surface area contributed by atoms with E-state index in [-0.39, 0.29) is 0 Å². The lowest BCUT2D eigenvalue weighted by Crippen LogP contribution is -2.05. The van der Waals surface area contributed by atoms with Crippen LogP contribution in [-0.2, 0) is 19.4 Å². The summed E-state index contributed by atoms with van der Waals surface area (Å²) in [6.07, 6.45) is 6.17. The van der Waals surface area contributed by atoms with E-state index < -0.39 is 0 Å². The molecule has 0 fully saturated rings. The second-order valence-electron chi connectivity index (χ2n) is 4.32. The Morgan fingerprint density at radius 2 is 1.75 bits per heavy atom. The Kier molecular flexibility index (Phi) is 5.36. The summed E-state index contributed by atoms with van der Waals surface area (Å²) in [5, 5.41) is 14.6. The number of hydrogen-bond acceptors (Lipinski definition) is 2. The zero-order valence-electron chi connectivity index (χ0n) is 10.8. The van der Waals surface area contributed by atoms with Crippen molar-refractivity contribution in [1.82, 2.24) is 9.78 Å². The summed E-state index contributed by atoms with van der Waals surface area (Å²) in [5.74, 6) is 0.444. The number of nitrogens with zero attached hydrogens (tertiary/aromatic N) is 2.